The summed E-state index contributed by atoms with van der Waals surface area (Å²) < 4.78 is 1.32. The number of rotatable bonds is 6. The van der Waals surface area contributed by atoms with Crippen LogP contribution in [-0.2, 0) is 6.54 Å². The number of aryl methyl sites for hydroxylation is 2. The molecule has 1 aromatic heterocycles. The summed E-state index contributed by atoms with van der Waals surface area (Å²) in [7, 11) is 0. The van der Waals surface area contributed by atoms with Gasteiger partial charge in [0.05, 0.1) is 6.04 Å². The lowest BCUT2D eigenvalue weighted by Crippen LogP contribution is -2.38. The van der Waals surface area contributed by atoms with Crippen molar-refractivity contribution in [3.8, 4) is 0 Å². The number of hydrogen-bond acceptors (Lipinski definition) is 3. The van der Waals surface area contributed by atoms with E-state index in [0.717, 1.165) is 11.1 Å². The smallest absolute Gasteiger partial charge is 0.274 e. The van der Waals surface area contributed by atoms with Crippen LogP contribution in [0.25, 0.3) is 0 Å². The lowest BCUT2D eigenvalue weighted by molar-refractivity contribution is 0.0656. The summed E-state index contributed by atoms with van der Waals surface area (Å²) in [4.78, 5) is 26.7. The van der Waals surface area contributed by atoms with Crippen molar-refractivity contribution in [1.29, 1.82) is 0 Å². The summed E-state index contributed by atoms with van der Waals surface area (Å²) in [6, 6.07) is 11.0. The first-order chi connectivity index (χ1) is 11.8. The van der Waals surface area contributed by atoms with E-state index in [4.69, 9.17) is 0 Å². The number of benzene rings is 1. The summed E-state index contributed by atoms with van der Waals surface area (Å²) in [5.41, 5.74) is 2.40. The summed E-state index contributed by atoms with van der Waals surface area (Å²) in [6.45, 7) is 11.2. The molecule has 0 radical (unpaired) electrons. The van der Waals surface area contributed by atoms with Gasteiger partial charge in [-0.1, -0.05) is 38.1 Å². The van der Waals surface area contributed by atoms with E-state index in [1.54, 1.807) is 0 Å². The van der Waals surface area contributed by atoms with E-state index in [1.807, 2.05) is 30.9 Å². The number of aromatic nitrogens is 2. The van der Waals surface area contributed by atoms with Gasteiger partial charge in [0.25, 0.3) is 11.5 Å². The van der Waals surface area contributed by atoms with Gasteiger partial charge in [0.15, 0.2) is 0 Å². The lowest BCUT2D eigenvalue weighted by atomic mass is 10.00. The maximum atomic E-state index is 13.1. The number of carbonyl (C=O) groups is 1. The first-order valence-corrected chi connectivity index (χ1v) is 8.79. The molecule has 0 fully saturated rings. The van der Waals surface area contributed by atoms with Crippen LogP contribution in [0.15, 0.2) is 41.2 Å². The maximum absolute atomic E-state index is 13.1. The van der Waals surface area contributed by atoms with Crippen molar-refractivity contribution in [1.82, 2.24) is 14.7 Å². The van der Waals surface area contributed by atoms with Crippen LogP contribution in [0, 0.1) is 12.8 Å². The minimum Gasteiger partial charge on any atom is -0.330 e. The van der Waals surface area contributed by atoms with Crippen molar-refractivity contribution in [3.05, 3.63) is 63.6 Å². The zero-order valence-corrected chi connectivity index (χ0v) is 15.7. The van der Waals surface area contributed by atoms with Crippen molar-refractivity contribution >= 4 is 5.91 Å². The van der Waals surface area contributed by atoms with Crippen LogP contribution in [0.5, 0.6) is 0 Å². The highest BCUT2D eigenvalue weighted by Crippen LogP contribution is 2.25. The van der Waals surface area contributed by atoms with Gasteiger partial charge in [-0.15, -0.1) is 0 Å². The summed E-state index contributed by atoms with van der Waals surface area (Å²) in [6.07, 6.45) is 0. The van der Waals surface area contributed by atoms with Gasteiger partial charge in [-0.25, -0.2) is 4.68 Å². The van der Waals surface area contributed by atoms with Crippen LogP contribution >= 0.6 is 0 Å². The minimum absolute atomic E-state index is 0.0695. The number of hydrogen-bond donors (Lipinski definition) is 0. The van der Waals surface area contributed by atoms with E-state index >= 15 is 0 Å². The Morgan fingerprint density at radius 2 is 1.84 bits per heavy atom. The third-order valence-corrected chi connectivity index (χ3v) is 4.31. The average Bonchev–Trinajstić information content (AvgIpc) is 2.59. The number of nitrogens with zero attached hydrogens (tertiary/aromatic N) is 3. The Kier molecular flexibility index (Phi) is 6.12. The molecule has 0 saturated heterocycles. The molecular formula is C20H27N3O2. The van der Waals surface area contributed by atoms with Crippen molar-refractivity contribution in [2.75, 3.05) is 6.54 Å². The molecule has 0 N–H and O–H groups in total. The molecule has 1 heterocycles. The van der Waals surface area contributed by atoms with E-state index in [-0.39, 0.29) is 17.5 Å². The van der Waals surface area contributed by atoms with Gasteiger partial charge in [-0.2, -0.15) is 5.10 Å². The Morgan fingerprint density at radius 1 is 1.16 bits per heavy atom. The third kappa shape index (κ3) is 4.35. The Labute approximate surface area is 149 Å². The normalized spacial score (nSPS) is 12.2. The molecule has 25 heavy (non-hydrogen) atoms. The molecule has 0 saturated carbocycles. The average molecular weight is 341 g/mol. The molecule has 5 nitrogen and oxygen atoms in total. The highest BCUT2D eigenvalue weighted by Gasteiger charge is 2.25. The maximum Gasteiger partial charge on any atom is 0.274 e. The Morgan fingerprint density at radius 3 is 2.44 bits per heavy atom. The van der Waals surface area contributed by atoms with Crippen molar-refractivity contribution < 1.29 is 4.79 Å². The highest BCUT2D eigenvalue weighted by atomic mass is 16.2. The summed E-state index contributed by atoms with van der Waals surface area (Å²) >= 11 is 0. The second kappa shape index (κ2) is 8.10. The molecular weight excluding hydrogens is 314 g/mol. The summed E-state index contributed by atoms with van der Waals surface area (Å²) in [5.74, 6) is 0.180. The van der Waals surface area contributed by atoms with Crippen LogP contribution in [-0.4, -0.2) is 27.1 Å². The molecule has 0 aliphatic heterocycles. The second-order valence-corrected chi connectivity index (χ2v) is 6.76. The highest BCUT2D eigenvalue weighted by molar-refractivity contribution is 5.92. The fraction of sp³-hybridized carbons (Fsp3) is 0.450. The number of amides is 1. The molecule has 0 aliphatic carbocycles. The topological polar surface area (TPSA) is 55.2 Å². The SMILES string of the molecule is CCn1nc(C(=O)N(CC(C)C)[C@H](C)c2ccccc2C)ccc1=O. The molecule has 2 rings (SSSR count). The van der Waals surface area contributed by atoms with Gasteiger partial charge in [0.2, 0.25) is 0 Å². The fourth-order valence-electron chi connectivity index (χ4n) is 2.97. The molecule has 0 bridgehead atoms. The van der Waals surface area contributed by atoms with Crippen molar-refractivity contribution in [3.63, 3.8) is 0 Å². The predicted molar refractivity (Wildman–Crippen MR) is 99.6 cm³/mol. The van der Waals surface area contributed by atoms with Gasteiger partial charge >= 0.3 is 0 Å². The Hall–Kier alpha value is -2.43. The van der Waals surface area contributed by atoms with Gasteiger partial charge < -0.3 is 4.90 Å². The largest absolute Gasteiger partial charge is 0.330 e. The quantitative estimate of drug-likeness (QED) is 0.809. The van der Waals surface area contributed by atoms with Crippen LogP contribution < -0.4 is 5.56 Å². The molecule has 2 aromatic rings. The Bertz CT molecular complexity index is 796. The van der Waals surface area contributed by atoms with E-state index in [9.17, 15) is 9.59 Å². The summed E-state index contributed by atoms with van der Waals surface area (Å²) in [5, 5.41) is 4.23. The number of carbonyl (C=O) groups excluding carboxylic acids is 1. The van der Waals surface area contributed by atoms with Crippen molar-refractivity contribution in [2.24, 2.45) is 5.92 Å². The van der Waals surface area contributed by atoms with Gasteiger partial charge in [-0.3, -0.25) is 9.59 Å². The molecule has 1 aromatic carbocycles. The van der Waals surface area contributed by atoms with Crippen LogP contribution in [0.1, 0.15) is 55.4 Å². The van der Waals surface area contributed by atoms with E-state index in [1.165, 1.54) is 16.8 Å². The van der Waals surface area contributed by atoms with Gasteiger partial charge in [0.1, 0.15) is 5.69 Å². The molecule has 0 aliphatic rings. The van der Waals surface area contributed by atoms with Gasteiger partial charge in [0, 0.05) is 19.2 Å². The zero-order chi connectivity index (χ0) is 18.6. The first-order valence-electron chi connectivity index (χ1n) is 8.79. The van der Waals surface area contributed by atoms with Crippen LogP contribution in [0.2, 0.25) is 0 Å². The second-order valence-electron chi connectivity index (χ2n) is 6.76. The van der Waals surface area contributed by atoms with E-state index in [0.29, 0.717) is 24.7 Å². The molecule has 134 valence electrons. The van der Waals surface area contributed by atoms with Gasteiger partial charge in [-0.05, 0) is 43.9 Å². The van der Waals surface area contributed by atoms with Crippen molar-refractivity contribution in [2.45, 2.75) is 47.2 Å². The lowest BCUT2D eigenvalue weighted by Gasteiger charge is -2.31. The molecule has 1 atom stereocenters. The van der Waals surface area contributed by atoms with E-state index < -0.39 is 0 Å². The fourth-order valence-corrected chi connectivity index (χ4v) is 2.97. The predicted octanol–water partition coefficient (Wildman–Crippen LogP) is 3.43. The molecule has 0 unspecified atom stereocenters. The first kappa shape index (κ1) is 18.9. The van der Waals surface area contributed by atoms with E-state index in [2.05, 4.69) is 38.0 Å². The van der Waals surface area contributed by atoms with Crippen LogP contribution in [0.4, 0.5) is 0 Å². The monoisotopic (exact) mass is 341 g/mol. The van der Waals surface area contributed by atoms with Crippen LogP contribution in [0.3, 0.4) is 0 Å². The zero-order valence-electron chi connectivity index (χ0n) is 15.7. The molecule has 0 spiro atoms. The molecule has 1 amide bonds. The third-order valence-electron chi connectivity index (χ3n) is 4.31. The minimum atomic E-state index is -0.193. The molecule has 5 heteroatoms. The Balaban J connectivity index is 2.41. The standard InChI is InChI=1S/C20H27N3O2/c1-6-23-19(24)12-11-18(21-23)20(25)22(13-14(2)3)16(5)17-10-8-7-9-15(17)4/h7-12,14,16H,6,13H2,1-5H3/t16-/m1/s1.